The van der Waals surface area contributed by atoms with Crippen molar-refractivity contribution in [3.8, 4) is 5.69 Å². The molecule has 3 rings (SSSR count). The predicted molar refractivity (Wildman–Crippen MR) is 162 cm³/mol. The fourth-order valence-electron chi connectivity index (χ4n) is 3.10. The van der Waals surface area contributed by atoms with E-state index < -0.39 is 0 Å². The lowest BCUT2D eigenvalue weighted by molar-refractivity contribution is 0.0955. The number of benzene rings is 1. The van der Waals surface area contributed by atoms with Crippen LogP contribution in [0.25, 0.3) is 5.69 Å². The van der Waals surface area contributed by atoms with Gasteiger partial charge in [0, 0.05) is 38.7 Å². The average molecular weight is 517 g/mol. The molecule has 6 heteroatoms. The molecule has 0 unspecified atom stereocenters. The third-order valence-electron chi connectivity index (χ3n) is 4.67. The maximum Gasteiger partial charge on any atom is 0.251 e. The molecule has 3 aromatic rings. The number of carbonyl (C=O) groups excluding carboxylic acids is 1. The number of hydrogen-bond donors (Lipinski definition) is 2. The Morgan fingerprint density at radius 1 is 1.06 bits per heavy atom. The lowest BCUT2D eigenvalue weighted by Crippen LogP contribution is -2.22. The minimum absolute atomic E-state index is 0. The predicted octanol–water partition coefficient (Wildman–Crippen LogP) is 8.28. The molecule has 0 aliphatic rings. The van der Waals surface area contributed by atoms with Crippen molar-refractivity contribution in [1.29, 1.82) is 0 Å². The molecular formula is C30H49ClN4O. The van der Waals surface area contributed by atoms with Crippen LogP contribution in [0.3, 0.4) is 0 Å². The molecule has 1 amide bonds. The third kappa shape index (κ3) is 13.7. The van der Waals surface area contributed by atoms with Gasteiger partial charge >= 0.3 is 0 Å². The van der Waals surface area contributed by atoms with Crippen molar-refractivity contribution in [1.82, 2.24) is 14.9 Å². The van der Waals surface area contributed by atoms with Crippen molar-refractivity contribution in [3.05, 3.63) is 91.0 Å². The number of hydrogen-bond acceptors (Lipinski definition) is 3. The molecule has 0 spiro atoms. The lowest BCUT2D eigenvalue weighted by atomic mass is 10.0. The van der Waals surface area contributed by atoms with Gasteiger partial charge in [-0.25, -0.2) is 0 Å². The van der Waals surface area contributed by atoms with Gasteiger partial charge in [0.1, 0.15) is 0 Å². The Bertz CT molecular complexity index is 949. The van der Waals surface area contributed by atoms with E-state index in [0.29, 0.717) is 6.54 Å². The van der Waals surface area contributed by atoms with E-state index in [-0.39, 0.29) is 19.7 Å². The highest BCUT2D eigenvalue weighted by atomic mass is 35.5. The van der Waals surface area contributed by atoms with Crippen molar-refractivity contribution in [3.63, 3.8) is 0 Å². The van der Waals surface area contributed by atoms with Gasteiger partial charge in [0.25, 0.3) is 5.91 Å². The molecular weight excluding hydrogens is 468 g/mol. The molecule has 0 fully saturated rings. The summed E-state index contributed by atoms with van der Waals surface area (Å²) < 4.78 is 2.09. The molecule has 0 radical (unpaired) electrons. The number of unbranched alkanes of at least 4 members (excludes halogenated alkanes) is 1. The first-order valence-corrected chi connectivity index (χ1v) is 12.7. The van der Waals surface area contributed by atoms with Crippen LogP contribution in [-0.4, -0.2) is 28.5 Å². The van der Waals surface area contributed by atoms with Gasteiger partial charge < -0.3 is 15.2 Å². The highest BCUT2D eigenvalue weighted by Gasteiger charge is 2.05. The number of aromatic nitrogens is 2. The van der Waals surface area contributed by atoms with E-state index in [1.54, 1.807) is 0 Å². The molecule has 0 atom stereocenters. The number of aryl methyl sites for hydroxylation is 2. The van der Waals surface area contributed by atoms with E-state index in [9.17, 15) is 4.79 Å². The van der Waals surface area contributed by atoms with E-state index in [2.05, 4.69) is 67.1 Å². The molecule has 0 aliphatic carbocycles. The molecule has 36 heavy (non-hydrogen) atoms. The highest BCUT2D eigenvalue weighted by Crippen LogP contribution is 2.18. The minimum Gasteiger partial charge on any atom is -0.382 e. The Hall–Kier alpha value is -3.05. The van der Waals surface area contributed by atoms with Gasteiger partial charge in [-0.1, -0.05) is 52.2 Å². The Morgan fingerprint density at radius 3 is 2.25 bits per heavy atom. The maximum atomic E-state index is 11.6. The monoisotopic (exact) mass is 516 g/mol. The van der Waals surface area contributed by atoms with Gasteiger partial charge in [0.15, 0.2) is 0 Å². The number of carbonyl (C=O) groups is 1. The van der Waals surface area contributed by atoms with Crippen LogP contribution in [0.4, 0.5) is 5.69 Å². The smallest absolute Gasteiger partial charge is 0.251 e. The van der Waals surface area contributed by atoms with Crippen LogP contribution in [0.1, 0.15) is 76.8 Å². The zero-order chi connectivity index (χ0) is 26.5. The molecule has 2 aromatic heterocycles. The summed E-state index contributed by atoms with van der Waals surface area (Å²) in [7, 11) is 0. The van der Waals surface area contributed by atoms with Crippen LogP contribution >= 0.6 is 12.4 Å². The number of rotatable bonds is 8. The van der Waals surface area contributed by atoms with Crippen molar-refractivity contribution in [2.24, 2.45) is 0 Å². The fraction of sp³-hybridized carbons (Fsp3) is 0.400. The summed E-state index contributed by atoms with van der Waals surface area (Å²) in [6.45, 7) is 20.1. The largest absolute Gasteiger partial charge is 0.382 e. The van der Waals surface area contributed by atoms with Crippen molar-refractivity contribution < 1.29 is 6.22 Å². The van der Waals surface area contributed by atoms with E-state index in [1.807, 2.05) is 69.0 Å². The number of nitrogens with zero attached hydrogens (tertiary/aromatic N) is 2. The van der Waals surface area contributed by atoms with Crippen LogP contribution in [-0.2, 0) is 6.42 Å². The van der Waals surface area contributed by atoms with Gasteiger partial charge in [-0.15, -0.1) is 25.6 Å². The first kappa shape index (κ1) is 35.1. The summed E-state index contributed by atoms with van der Waals surface area (Å²) in [5.41, 5.74) is 5.36. The number of pyridine rings is 1. The second kappa shape index (κ2) is 22.4. The number of anilines is 1. The van der Waals surface area contributed by atoms with Crippen LogP contribution in [0, 0.1) is 6.92 Å². The zero-order valence-electron chi connectivity index (χ0n) is 23.1. The van der Waals surface area contributed by atoms with Gasteiger partial charge in [-0.2, -0.15) is 0 Å². The highest BCUT2D eigenvalue weighted by molar-refractivity contribution is 5.94. The molecule has 0 bridgehead atoms. The molecule has 1 aromatic carbocycles. The molecule has 0 saturated carbocycles. The van der Waals surface area contributed by atoms with Crippen molar-refractivity contribution in [2.45, 2.75) is 67.2 Å². The molecule has 2 N–H and O–H groups in total. The number of amides is 1. The Kier molecular flexibility index (Phi) is 21.9. The topological polar surface area (TPSA) is 59.0 Å². The van der Waals surface area contributed by atoms with E-state index in [0.717, 1.165) is 35.5 Å². The molecule has 0 aliphatic heterocycles. The van der Waals surface area contributed by atoms with Crippen LogP contribution < -0.4 is 10.6 Å². The van der Waals surface area contributed by atoms with Gasteiger partial charge in [0.2, 0.25) is 0 Å². The van der Waals surface area contributed by atoms with Crippen molar-refractivity contribution >= 4 is 24.0 Å². The van der Waals surface area contributed by atoms with Crippen molar-refractivity contribution in [2.75, 3.05) is 18.4 Å². The zero-order valence-corrected chi connectivity index (χ0v) is 24.0. The Balaban J connectivity index is -0.000000512. The molecule has 0 saturated heterocycles. The summed E-state index contributed by atoms with van der Waals surface area (Å²) in [5.74, 6) is 0.0194. The first-order chi connectivity index (χ1) is 17.0. The molecule has 2 heterocycles. The van der Waals surface area contributed by atoms with E-state index in [1.165, 1.54) is 24.8 Å². The van der Waals surface area contributed by atoms with Crippen LogP contribution in [0.5, 0.6) is 0 Å². The lowest BCUT2D eigenvalue weighted by Gasteiger charge is -2.11. The van der Waals surface area contributed by atoms with Crippen LogP contribution in [0.15, 0.2) is 74.3 Å². The summed E-state index contributed by atoms with van der Waals surface area (Å²) >= 11 is 0. The number of nitrogens with one attached hydrogen (secondary N) is 2. The fourth-order valence-corrected chi connectivity index (χ4v) is 3.10. The van der Waals surface area contributed by atoms with Gasteiger partial charge in [0.05, 0.1) is 17.6 Å². The van der Waals surface area contributed by atoms with E-state index in [4.69, 9.17) is 0 Å². The third-order valence-corrected chi connectivity index (χ3v) is 4.67. The summed E-state index contributed by atoms with van der Waals surface area (Å²) in [4.78, 5) is 15.7. The Labute approximate surface area is 227 Å². The second-order valence-electron chi connectivity index (χ2n) is 7.89. The minimum atomic E-state index is 0. The molecule has 202 valence electrons. The van der Waals surface area contributed by atoms with Gasteiger partial charge in [-0.3, -0.25) is 9.78 Å². The van der Waals surface area contributed by atoms with Gasteiger partial charge in [-0.05, 0) is 62.6 Å². The maximum absolute atomic E-state index is 11.6. The average Bonchev–Trinajstić information content (AvgIpc) is 3.41. The normalized spacial score (nSPS) is 9.06. The van der Waals surface area contributed by atoms with Crippen LogP contribution in [0.2, 0.25) is 0 Å². The van der Waals surface area contributed by atoms with E-state index >= 15 is 0 Å². The summed E-state index contributed by atoms with van der Waals surface area (Å²) in [6, 6.07) is 12.1. The Morgan fingerprint density at radius 2 is 1.69 bits per heavy atom. The number of halogens is 1. The SMILES string of the molecule is C=C.CCC.CCCCNc1cnccc1-n1cccc1.CCNC(=O)c1cc(C)cc(CC)c1.Cl.[HH]. The first-order valence-electron chi connectivity index (χ1n) is 12.7. The summed E-state index contributed by atoms with van der Waals surface area (Å²) in [6.07, 6.45) is 12.4. The standard InChI is InChI=1S/C13H17N3.C12H17NO.C3H8.C2H4.ClH.H2/c1-2-3-7-15-12-11-14-8-6-13(12)16-9-4-5-10-16;1-4-10-6-9(3)7-11(8-10)12(14)13-5-2;1-3-2;1-2;;/h4-6,8-11,15H,2-3,7H2,1H3;6-8H,4-5H2,1-3H3,(H,13,14);3H2,1-2H3;1-2H2;2*1H. The second-order valence-corrected chi connectivity index (χ2v) is 7.89. The quantitative estimate of drug-likeness (QED) is 0.234. The molecule has 5 nitrogen and oxygen atoms in total. The summed E-state index contributed by atoms with van der Waals surface area (Å²) in [5, 5.41) is 6.22.